The molecule has 1 amide bonds. The Morgan fingerprint density at radius 2 is 1.92 bits per heavy atom. The van der Waals surface area contributed by atoms with Gasteiger partial charge in [0, 0.05) is 34.1 Å². The summed E-state index contributed by atoms with van der Waals surface area (Å²) in [5, 5.41) is 3.64. The van der Waals surface area contributed by atoms with Gasteiger partial charge in [-0.1, -0.05) is 11.6 Å². The SMILES string of the molecule is O=C(CCC(=O)c1ccc(F)cc1)NC1CCSc2ccc(Cl)cc21. The van der Waals surface area contributed by atoms with Crippen molar-refractivity contribution in [3.63, 3.8) is 0 Å². The summed E-state index contributed by atoms with van der Waals surface area (Å²) in [6.45, 7) is 0. The molecule has 1 heterocycles. The van der Waals surface area contributed by atoms with Crippen LogP contribution in [0.3, 0.4) is 0 Å². The van der Waals surface area contributed by atoms with Gasteiger partial charge in [0.2, 0.25) is 5.91 Å². The molecule has 0 bridgehead atoms. The summed E-state index contributed by atoms with van der Waals surface area (Å²) in [6, 6.07) is 11.0. The van der Waals surface area contributed by atoms with E-state index in [-0.39, 0.29) is 36.4 Å². The molecular weight excluding hydrogens is 361 g/mol. The van der Waals surface area contributed by atoms with Gasteiger partial charge in [-0.25, -0.2) is 4.39 Å². The molecule has 1 N–H and O–H groups in total. The molecule has 0 aliphatic carbocycles. The lowest BCUT2D eigenvalue weighted by Crippen LogP contribution is -2.30. The first-order chi connectivity index (χ1) is 12.0. The van der Waals surface area contributed by atoms with E-state index in [1.165, 1.54) is 24.3 Å². The van der Waals surface area contributed by atoms with Crippen molar-refractivity contribution in [2.24, 2.45) is 0 Å². The summed E-state index contributed by atoms with van der Waals surface area (Å²) in [4.78, 5) is 25.4. The summed E-state index contributed by atoms with van der Waals surface area (Å²) in [5.74, 6) is 0.200. The Labute approximate surface area is 155 Å². The molecule has 1 aliphatic heterocycles. The number of rotatable bonds is 5. The van der Waals surface area contributed by atoms with Crippen molar-refractivity contribution in [2.75, 3.05) is 5.75 Å². The number of halogens is 2. The number of hydrogen-bond donors (Lipinski definition) is 1. The van der Waals surface area contributed by atoms with Crippen LogP contribution in [-0.2, 0) is 4.79 Å². The summed E-state index contributed by atoms with van der Waals surface area (Å²) < 4.78 is 12.9. The Balaban J connectivity index is 1.58. The fourth-order valence-corrected chi connectivity index (χ4v) is 4.08. The molecule has 1 unspecified atom stereocenters. The number of thioether (sulfide) groups is 1. The van der Waals surface area contributed by atoms with Crippen LogP contribution in [0.2, 0.25) is 5.02 Å². The van der Waals surface area contributed by atoms with Gasteiger partial charge < -0.3 is 5.32 Å². The second-order valence-corrected chi connectivity index (χ2v) is 7.44. The molecule has 6 heteroatoms. The maximum atomic E-state index is 12.9. The van der Waals surface area contributed by atoms with E-state index in [9.17, 15) is 14.0 Å². The monoisotopic (exact) mass is 377 g/mol. The largest absolute Gasteiger partial charge is 0.349 e. The highest BCUT2D eigenvalue weighted by Gasteiger charge is 2.22. The maximum Gasteiger partial charge on any atom is 0.220 e. The fourth-order valence-electron chi connectivity index (χ4n) is 2.79. The molecule has 1 aliphatic rings. The predicted molar refractivity (Wildman–Crippen MR) is 97.6 cm³/mol. The molecular formula is C19H17ClFNO2S. The lowest BCUT2D eigenvalue weighted by Gasteiger charge is -2.26. The predicted octanol–water partition coefficient (Wildman–Crippen LogP) is 4.80. The standard InChI is InChI=1S/C19H17ClFNO2S/c20-13-3-7-18-15(11-13)16(9-10-25-18)22-19(24)8-6-17(23)12-1-4-14(21)5-2-12/h1-5,7,11,16H,6,8-10H2,(H,22,24). The number of Topliss-reactive ketones (excluding diaryl/α,β-unsaturated/α-hetero) is 1. The lowest BCUT2D eigenvalue weighted by molar-refractivity contribution is -0.121. The van der Waals surface area contributed by atoms with Crippen LogP contribution >= 0.6 is 23.4 Å². The number of carbonyl (C=O) groups excluding carboxylic acids is 2. The van der Waals surface area contributed by atoms with Crippen molar-refractivity contribution >= 4 is 35.1 Å². The summed E-state index contributed by atoms with van der Waals surface area (Å²) >= 11 is 7.82. The molecule has 2 aromatic rings. The number of ketones is 1. The molecule has 0 fully saturated rings. The van der Waals surface area contributed by atoms with Crippen molar-refractivity contribution in [3.8, 4) is 0 Å². The summed E-state index contributed by atoms with van der Waals surface area (Å²) in [5.41, 5.74) is 1.45. The van der Waals surface area contributed by atoms with Crippen LogP contribution < -0.4 is 5.32 Å². The molecule has 25 heavy (non-hydrogen) atoms. The van der Waals surface area contributed by atoms with E-state index in [4.69, 9.17) is 11.6 Å². The third-order valence-electron chi connectivity index (χ3n) is 4.09. The molecule has 0 saturated heterocycles. The Morgan fingerprint density at radius 1 is 1.16 bits per heavy atom. The maximum absolute atomic E-state index is 12.9. The van der Waals surface area contributed by atoms with Gasteiger partial charge >= 0.3 is 0 Å². The van der Waals surface area contributed by atoms with E-state index < -0.39 is 0 Å². The Hall–Kier alpha value is -1.85. The molecule has 2 aromatic carbocycles. The molecule has 0 aromatic heterocycles. The third kappa shape index (κ3) is 4.61. The van der Waals surface area contributed by atoms with Crippen LogP contribution in [0.25, 0.3) is 0 Å². The highest BCUT2D eigenvalue weighted by atomic mass is 35.5. The van der Waals surface area contributed by atoms with E-state index in [1.54, 1.807) is 11.8 Å². The second-order valence-electron chi connectivity index (χ2n) is 5.87. The third-order valence-corrected chi connectivity index (χ3v) is 5.45. The minimum atomic E-state index is -0.387. The highest BCUT2D eigenvalue weighted by Crippen LogP contribution is 2.37. The molecule has 3 nitrogen and oxygen atoms in total. The zero-order chi connectivity index (χ0) is 17.8. The minimum absolute atomic E-state index is 0.0802. The minimum Gasteiger partial charge on any atom is -0.349 e. The molecule has 130 valence electrons. The highest BCUT2D eigenvalue weighted by molar-refractivity contribution is 7.99. The van der Waals surface area contributed by atoms with Gasteiger partial charge in [-0.05, 0) is 54.4 Å². The first-order valence-electron chi connectivity index (χ1n) is 8.03. The molecule has 0 saturated carbocycles. The van der Waals surface area contributed by atoms with Gasteiger partial charge in [0.15, 0.2) is 5.78 Å². The summed E-state index contributed by atoms with van der Waals surface area (Å²) in [7, 11) is 0. The van der Waals surface area contributed by atoms with Gasteiger partial charge in [-0.2, -0.15) is 0 Å². The smallest absolute Gasteiger partial charge is 0.220 e. The van der Waals surface area contributed by atoms with Crippen LogP contribution in [0.4, 0.5) is 4.39 Å². The molecule has 0 spiro atoms. The van der Waals surface area contributed by atoms with Crippen LogP contribution in [0.15, 0.2) is 47.4 Å². The number of benzene rings is 2. The fraction of sp³-hybridized carbons (Fsp3) is 0.263. The number of nitrogens with one attached hydrogen (secondary N) is 1. The van der Waals surface area contributed by atoms with Gasteiger partial charge in [0.05, 0.1) is 6.04 Å². The Morgan fingerprint density at radius 3 is 2.68 bits per heavy atom. The van der Waals surface area contributed by atoms with Crippen LogP contribution in [0.1, 0.15) is 41.2 Å². The molecule has 1 atom stereocenters. The average Bonchev–Trinajstić information content (AvgIpc) is 2.61. The first kappa shape index (κ1) is 18.0. The quantitative estimate of drug-likeness (QED) is 0.761. The van der Waals surface area contributed by atoms with Crippen molar-refractivity contribution in [3.05, 3.63) is 64.4 Å². The van der Waals surface area contributed by atoms with Crippen molar-refractivity contribution in [1.82, 2.24) is 5.32 Å². The zero-order valence-electron chi connectivity index (χ0n) is 13.4. The molecule has 3 rings (SSSR count). The van der Waals surface area contributed by atoms with Crippen molar-refractivity contribution in [2.45, 2.75) is 30.2 Å². The number of hydrogen-bond acceptors (Lipinski definition) is 3. The van der Waals surface area contributed by atoms with Gasteiger partial charge in [0.1, 0.15) is 5.82 Å². The van der Waals surface area contributed by atoms with Crippen LogP contribution in [-0.4, -0.2) is 17.4 Å². The van der Waals surface area contributed by atoms with E-state index >= 15 is 0 Å². The Bertz CT molecular complexity index is 795. The van der Waals surface area contributed by atoms with Crippen molar-refractivity contribution in [1.29, 1.82) is 0 Å². The second kappa shape index (κ2) is 8.02. The molecule has 0 radical (unpaired) electrons. The van der Waals surface area contributed by atoms with E-state index in [0.717, 1.165) is 22.6 Å². The first-order valence-corrected chi connectivity index (χ1v) is 9.39. The van der Waals surface area contributed by atoms with E-state index in [1.807, 2.05) is 18.2 Å². The lowest BCUT2D eigenvalue weighted by atomic mass is 10.0. The number of carbonyl (C=O) groups is 2. The van der Waals surface area contributed by atoms with E-state index in [2.05, 4.69) is 5.32 Å². The Kier molecular flexibility index (Phi) is 5.76. The van der Waals surface area contributed by atoms with Crippen molar-refractivity contribution < 1.29 is 14.0 Å². The number of fused-ring (bicyclic) bond motifs is 1. The summed E-state index contributed by atoms with van der Waals surface area (Å²) in [6.07, 6.45) is 1.03. The topological polar surface area (TPSA) is 46.2 Å². The van der Waals surface area contributed by atoms with Gasteiger partial charge in [0.25, 0.3) is 0 Å². The normalized spacial score (nSPS) is 16.2. The van der Waals surface area contributed by atoms with E-state index in [0.29, 0.717) is 10.6 Å². The average molecular weight is 378 g/mol. The number of amides is 1. The zero-order valence-corrected chi connectivity index (χ0v) is 15.0. The van der Waals surface area contributed by atoms with Gasteiger partial charge in [-0.3, -0.25) is 9.59 Å². The van der Waals surface area contributed by atoms with Gasteiger partial charge in [-0.15, -0.1) is 11.8 Å². The van der Waals surface area contributed by atoms with Crippen LogP contribution in [0.5, 0.6) is 0 Å². The van der Waals surface area contributed by atoms with Crippen LogP contribution in [0, 0.1) is 5.82 Å².